The second-order valence-electron chi connectivity index (χ2n) is 3.94. The van der Waals surface area contributed by atoms with Gasteiger partial charge in [-0.25, -0.2) is 0 Å². The van der Waals surface area contributed by atoms with E-state index in [1.807, 2.05) is 31.2 Å². The Hall–Kier alpha value is -1.12. The Morgan fingerprint density at radius 3 is 2.73 bits per heavy atom. The van der Waals surface area contributed by atoms with Crippen molar-refractivity contribution in [3.8, 4) is 0 Å². The minimum absolute atomic E-state index is 0.285. The summed E-state index contributed by atoms with van der Waals surface area (Å²) in [5.74, 6) is 0. The van der Waals surface area contributed by atoms with Crippen LogP contribution in [0.2, 0.25) is 0 Å². The van der Waals surface area contributed by atoms with Crippen molar-refractivity contribution in [3.63, 3.8) is 0 Å². The largest absolute Gasteiger partial charge is 0.371 e. The van der Waals surface area contributed by atoms with Gasteiger partial charge >= 0.3 is 0 Å². The highest BCUT2D eigenvalue weighted by molar-refractivity contribution is 5.26. The Balaban J connectivity index is 2.08. The van der Waals surface area contributed by atoms with E-state index in [2.05, 4.69) is 18.7 Å². The third-order valence-electron chi connectivity index (χ3n) is 2.71. The van der Waals surface area contributed by atoms with Crippen LogP contribution in [-0.2, 0) is 15.1 Å². The molecule has 1 fully saturated rings. The van der Waals surface area contributed by atoms with Crippen LogP contribution in [0.15, 0.2) is 43.0 Å². The van der Waals surface area contributed by atoms with Crippen molar-refractivity contribution in [2.24, 2.45) is 0 Å². The number of hydrogen-bond acceptors (Lipinski definition) is 2. The summed E-state index contributed by atoms with van der Waals surface area (Å²) in [6, 6.07) is 10.1. The summed E-state index contributed by atoms with van der Waals surface area (Å²) >= 11 is 0. The maximum absolute atomic E-state index is 5.85. The lowest BCUT2D eigenvalue weighted by Crippen LogP contribution is -2.25. The molecule has 0 saturated carbocycles. The van der Waals surface area contributed by atoms with Crippen LogP contribution in [0.25, 0.3) is 0 Å². The molecular weight excluding hydrogens is 188 g/mol. The molecule has 1 aromatic carbocycles. The van der Waals surface area contributed by atoms with Crippen LogP contribution in [0.3, 0.4) is 0 Å². The van der Waals surface area contributed by atoms with Crippen molar-refractivity contribution >= 4 is 0 Å². The van der Waals surface area contributed by atoms with E-state index in [4.69, 9.17) is 9.47 Å². The number of ether oxygens (including phenoxy) is 2. The molecule has 0 radical (unpaired) electrons. The van der Waals surface area contributed by atoms with Crippen LogP contribution >= 0.6 is 0 Å². The first-order chi connectivity index (χ1) is 7.24. The fourth-order valence-corrected chi connectivity index (χ4v) is 1.46. The van der Waals surface area contributed by atoms with Crippen molar-refractivity contribution < 1.29 is 9.47 Å². The lowest BCUT2D eigenvalue weighted by atomic mass is 9.96. The van der Waals surface area contributed by atoms with E-state index in [1.165, 1.54) is 0 Å². The fourth-order valence-electron chi connectivity index (χ4n) is 1.46. The van der Waals surface area contributed by atoms with Crippen molar-refractivity contribution in [2.45, 2.75) is 18.6 Å². The van der Waals surface area contributed by atoms with Gasteiger partial charge in [-0.1, -0.05) is 43.0 Å². The molecule has 0 spiro atoms. The maximum Gasteiger partial charge on any atom is 0.108 e. The minimum Gasteiger partial charge on any atom is -0.371 e. The van der Waals surface area contributed by atoms with E-state index in [-0.39, 0.29) is 6.10 Å². The Morgan fingerprint density at radius 1 is 1.53 bits per heavy atom. The summed E-state index contributed by atoms with van der Waals surface area (Å²) in [7, 11) is 0. The van der Waals surface area contributed by atoms with Gasteiger partial charge in [-0.15, -0.1) is 0 Å². The molecule has 2 rings (SSSR count). The summed E-state index contributed by atoms with van der Waals surface area (Å²) in [5.41, 5.74) is 0.716. The first kappa shape index (κ1) is 10.4. The Labute approximate surface area is 90.5 Å². The Bertz CT molecular complexity index is 330. The highest BCUT2D eigenvalue weighted by Crippen LogP contribution is 2.27. The van der Waals surface area contributed by atoms with Gasteiger partial charge in [0.25, 0.3) is 0 Å². The van der Waals surface area contributed by atoms with E-state index in [0.717, 1.165) is 12.2 Å². The third kappa shape index (κ3) is 2.46. The lowest BCUT2D eigenvalue weighted by molar-refractivity contribution is -0.00579. The minimum atomic E-state index is -0.410. The van der Waals surface area contributed by atoms with Gasteiger partial charge in [0.1, 0.15) is 11.7 Å². The van der Waals surface area contributed by atoms with E-state index in [0.29, 0.717) is 6.61 Å². The molecule has 2 unspecified atom stereocenters. The third-order valence-corrected chi connectivity index (χ3v) is 2.71. The molecule has 1 heterocycles. The monoisotopic (exact) mass is 204 g/mol. The zero-order valence-electron chi connectivity index (χ0n) is 8.98. The molecule has 15 heavy (non-hydrogen) atoms. The van der Waals surface area contributed by atoms with Gasteiger partial charge in [-0.2, -0.15) is 0 Å². The zero-order chi connectivity index (χ0) is 10.7. The topological polar surface area (TPSA) is 21.8 Å². The smallest absolute Gasteiger partial charge is 0.108 e. The molecule has 2 nitrogen and oxygen atoms in total. The van der Waals surface area contributed by atoms with Crippen LogP contribution in [0, 0.1) is 0 Å². The van der Waals surface area contributed by atoms with Crippen LogP contribution in [0.4, 0.5) is 0 Å². The predicted octanol–water partition coefficient (Wildman–Crippen LogP) is 2.50. The second kappa shape index (κ2) is 4.17. The molecule has 80 valence electrons. The first-order valence-electron chi connectivity index (χ1n) is 5.19. The highest BCUT2D eigenvalue weighted by atomic mass is 16.6. The normalized spacial score (nSPS) is 23.1. The van der Waals surface area contributed by atoms with E-state index in [1.54, 1.807) is 0 Å². The van der Waals surface area contributed by atoms with Crippen LogP contribution in [0.1, 0.15) is 12.5 Å². The molecule has 1 saturated heterocycles. The summed E-state index contributed by atoms with van der Waals surface area (Å²) in [5, 5.41) is 0. The highest BCUT2D eigenvalue weighted by Gasteiger charge is 2.29. The van der Waals surface area contributed by atoms with Crippen molar-refractivity contribution in [1.29, 1.82) is 0 Å². The molecule has 0 aliphatic carbocycles. The molecule has 1 aliphatic heterocycles. The molecule has 0 bridgehead atoms. The summed E-state index contributed by atoms with van der Waals surface area (Å²) in [6.07, 6.45) is 2.12. The lowest BCUT2D eigenvalue weighted by Gasteiger charge is -2.26. The van der Waals surface area contributed by atoms with Gasteiger partial charge in [0.05, 0.1) is 13.2 Å². The van der Waals surface area contributed by atoms with Gasteiger partial charge in [0.15, 0.2) is 0 Å². The van der Waals surface area contributed by atoms with Crippen molar-refractivity contribution in [3.05, 3.63) is 48.6 Å². The average Bonchev–Trinajstić information content (AvgIpc) is 3.11. The van der Waals surface area contributed by atoms with Gasteiger partial charge in [-0.05, 0) is 12.5 Å². The van der Waals surface area contributed by atoms with E-state index < -0.39 is 5.60 Å². The first-order valence-corrected chi connectivity index (χ1v) is 5.19. The molecule has 0 N–H and O–H groups in total. The number of hydrogen-bond donors (Lipinski definition) is 0. The average molecular weight is 204 g/mol. The van der Waals surface area contributed by atoms with Crippen LogP contribution in [-0.4, -0.2) is 19.3 Å². The molecule has 0 aromatic heterocycles. The molecule has 2 heteroatoms. The second-order valence-corrected chi connectivity index (χ2v) is 3.94. The number of epoxide rings is 1. The summed E-state index contributed by atoms with van der Waals surface area (Å²) in [6.45, 7) is 7.32. The van der Waals surface area contributed by atoms with Gasteiger partial charge in [0, 0.05) is 0 Å². The molecule has 0 amide bonds. The Morgan fingerprint density at radius 2 is 2.20 bits per heavy atom. The quantitative estimate of drug-likeness (QED) is 0.543. The molecule has 1 aliphatic rings. The molecule has 2 atom stereocenters. The van der Waals surface area contributed by atoms with Gasteiger partial charge in [-0.3, -0.25) is 0 Å². The molecular formula is C13H16O2. The van der Waals surface area contributed by atoms with Crippen molar-refractivity contribution in [2.75, 3.05) is 13.2 Å². The number of rotatable bonds is 5. The SMILES string of the molecule is C=CC(C)(OCC1CO1)c1ccccc1. The van der Waals surface area contributed by atoms with Crippen LogP contribution < -0.4 is 0 Å². The van der Waals surface area contributed by atoms with Crippen LogP contribution in [0.5, 0.6) is 0 Å². The van der Waals surface area contributed by atoms with E-state index >= 15 is 0 Å². The molecule has 1 aromatic rings. The predicted molar refractivity (Wildman–Crippen MR) is 59.7 cm³/mol. The Kier molecular flexibility index (Phi) is 2.89. The maximum atomic E-state index is 5.85. The standard InChI is InChI=1S/C13H16O2/c1-3-13(2,15-10-12-9-14-12)11-7-5-4-6-8-11/h3-8,12H,1,9-10H2,2H3. The zero-order valence-corrected chi connectivity index (χ0v) is 8.98. The summed E-state index contributed by atoms with van der Waals surface area (Å²) in [4.78, 5) is 0. The van der Waals surface area contributed by atoms with Gasteiger partial charge in [0.2, 0.25) is 0 Å². The van der Waals surface area contributed by atoms with E-state index in [9.17, 15) is 0 Å². The fraction of sp³-hybridized carbons (Fsp3) is 0.385. The van der Waals surface area contributed by atoms with Gasteiger partial charge < -0.3 is 9.47 Å². The number of benzene rings is 1. The summed E-state index contributed by atoms with van der Waals surface area (Å²) < 4.78 is 11.0. The van der Waals surface area contributed by atoms with Crippen molar-refractivity contribution in [1.82, 2.24) is 0 Å².